The predicted octanol–water partition coefficient (Wildman–Crippen LogP) is 1.16. The van der Waals surface area contributed by atoms with Crippen molar-refractivity contribution in [3.05, 3.63) is 0 Å². The molecule has 1 aliphatic rings. The maximum Gasteiger partial charge on any atom is 0.312 e. The Labute approximate surface area is 83.7 Å². The fourth-order valence-electron chi connectivity index (χ4n) is 1.92. The molecule has 1 rings (SSSR count). The molecule has 0 aromatic carbocycles. The van der Waals surface area contributed by atoms with Gasteiger partial charge in [0, 0.05) is 6.54 Å². The van der Waals surface area contributed by atoms with Gasteiger partial charge in [0.1, 0.15) is 6.42 Å². The van der Waals surface area contributed by atoms with Crippen LogP contribution in [0.5, 0.6) is 0 Å². The van der Waals surface area contributed by atoms with Crippen molar-refractivity contribution in [1.82, 2.24) is 5.32 Å². The fourth-order valence-corrected chi connectivity index (χ4v) is 1.92. The standard InChI is InChI=1S/C10H17NO3/c1-10(4-2-3-5-10)7-11-8(12)6-9(13)14/h2-7H2,1H3,(H,11,12)(H,13,14). The van der Waals surface area contributed by atoms with Crippen molar-refractivity contribution in [1.29, 1.82) is 0 Å². The summed E-state index contributed by atoms with van der Waals surface area (Å²) in [6, 6.07) is 0. The first kappa shape index (κ1) is 11.0. The third kappa shape index (κ3) is 3.36. The van der Waals surface area contributed by atoms with E-state index >= 15 is 0 Å². The minimum absolute atomic E-state index is 0.189. The lowest BCUT2D eigenvalue weighted by atomic mass is 9.89. The first-order valence-corrected chi connectivity index (χ1v) is 5.00. The van der Waals surface area contributed by atoms with E-state index in [1.807, 2.05) is 0 Å². The molecule has 80 valence electrons. The van der Waals surface area contributed by atoms with Crippen LogP contribution < -0.4 is 5.32 Å². The largest absolute Gasteiger partial charge is 0.481 e. The number of aliphatic carboxylic acids is 1. The van der Waals surface area contributed by atoms with Gasteiger partial charge in [-0.3, -0.25) is 9.59 Å². The van der Waals surface area contributed by atoms with Crippen LogP contribution in [-0.4, -0.2) is 23.5 Å². The molecule has 0 radical (unpaired) electrons. The Morgan fingerprint density at radius 1 is 1.36 bits per heavy atom. The van der Waals surface area contributed by atoms with Crippen molar-refractivity contribution in [2.45, 2.75) is 39.0 Å². The molecule has 0 aliphatic heterocycles. The van der Waals surface area contributed by atoms with Crippen molar-refractivity contribution in [2.75, 3.05) is 6.54 Å². The Morgan fingerprint density at radius 3 is 2.43 bits per heavy atom. The Balaban J connectivity index is 2.25. The zero-order chi connectivity index (χ0) is 10.6. The number of rotatable bonds is 4. The normalized spacial score (nSPS) is 19.2. The summed E-state index contributed by atoms with van der Waals surface area (Å²) in [6.07, 6.45) is 4.26. The van der Waals surface area contributed by atoms with Gasteiger partial charge in [-0.25, -0.2) is 0 Å². The zero-order valence-electron chi connectivity index (χ0n) is 8.51. The second-order valence-electron chi connectivity index (χ2n) is 4.37. The highest BCUT2D eigenvalue weighted by Crippen LogP contribution is 2.36. The number of amides is 1. The minimum Gasteiger partial charge on any atom is -0.481 e. The van der Waals surface area contributed by atoms with E-state index in [9.17, 15) is 9.59 Å². The summed E-state index contributed by atoms with van der Waals surface area (Å²) in [7, 11) is 0. The average Bonchev–Trinajstić information content (AvgIpc) is 2.49. The van der Waals surface area contributed by atoms with E-state index in [1.165, 1.54) is 12.8 Å². The van der Waals surface area contributed by atoms with Crippen LogP contribution in [0, 0.1) is 5.41 Å². The van der Waals surface area contributed by atoms with Gasteiger partial charge < -0.3 is 10.4 Å². The Bertz CT molecular complexity index is 232. The maximum atomic E-state index is 11.1. The molecule has 2 N–H and O–H groups in total. The fraction of sp³-hybridized carbons (Fsp3) is 0.800. The molecule has 0 spiro atoms. The molecule has 0 saturated heterocycles. The van der Waals surface area contributed by atoms with Gasteiger partial charge in [0.25, 0.3) is 0 Å². The van der Waals surface area contributed by atoms with E-state index in [-0.39, 0.29) is 11.3 Å². The monoisotopic (exact) mass is 199 g/mol. The molecule has 1 saturated carbocycles. The maximum absolute atomic E-state index is 11.1. The van der Waals surface area contributed by atoms with Crippen LogP contribution in [0.15, 0.2) is 0 Å². The van der Waals surface area contributed by atoms with E-state index in [0.29, 0.717) is 6.54 Å². The molecule has 0 bridgehead atoms. The van der Waals surface area contributed by atoms with Gasteiger partial charge in [0.05, 0.1) is 0 Å². The number of carboxylic acid groups (broad SMARTS) is 1. The molecule has 1 fully saturated rings. The van der Waals surface area contributed by atoms with E-state index < -0.39 is 12.4 Å². The summed E-state index contributed by atoms with van der Waals surface area (Å²) in [6.45, 7) is 2.75. The van der Waals surface area contributed by atoms with Crippen LogP contribution in [0.1, 0.15) is 39.0 Å². The first-order chi connectivity index (χ1) is 6.52. The highest BCUT2D eigenvalue weighted by atomic mass is 16.4. The van der Waals surface area contributed by atoms with Gasteiger partial charge in [-0.2, -0.15) is 0 Å². The Kier molecular flexibility index (Phi) is 3.49. The van der Waals surface area contributed by atoms with E-state index in [0.717, 1.165) is 12.8 Å². The summed E-state index contributed by atoms with van der Waals surface area (Å²) in [5.74, 6) is -1.45. The molecule has 14 heavy (non-hydrogen) atoms. The summed E-state index contributed by atoms with van der Waals surface area (Å²) in [5.41, 5.74) is 0.189. The van der Waals surface area contributed by atoms with Crippen LogP contribution >= 0.6 is 0 Å². The van der Waals surface area contributed by atoms with Gasteiger partial charge in [-0.1, -0.05) is 19.8 Å². The van der Waals surface area contributed by atoms with Gasteiger partial charge >= 0.3 is 5.97 Å². The molecule has 0 aromatic heterocycles. The Morgan fingerprint density at radius 2 is 1.93 bits per heavy atom. The van der Waals surface area contributed by atoms with Gasteiger partial charge in [0.2, 0.25) is 5.91 Å². The van der Waals surface area contributed by atoms with Crippen LogP contribution in [0.4, 0.5) is 0 Å². The summed E-state index contributed by atoms with van der Waals surface area (Å²) in [4.78, 5) is 21.3. The number of carbonyl (C=O) groups excluding carboxylic acids is 1. The molecule has 1 amide bonds. The van der Waals surface area contributed by atoms with Crippen molar-refractivity contribution < 1.29 is 14.7 Å². The lowest BCUT2D eigenvalue weighted by molar-refractivity contribution is -0.140. The quantitative estimate of drug-likeness (QED) is 0.667. The second-order valence-corrected chi connectivity index (χ2v) is 4.37. The third-order valence-electron chi connectivity index (χ3n) is 2.83. The SMILES string of the molecule is CC1(CNC(=O)CC(=O)O)CCCC1. The molecule has 0 atom stereocenters. The molecule has 0 heterocycles. The number of hydrogen-bond acceptors (Lipinski definition) is 2. The summed E-state index contributed by atoms with van der Waals surface area (Å²) >= 11 is 0. The lowest BCUT2D eigenvalue weighted by Crippen LogP contribution is -2.35. The highest BCUT2D eigenvalue weighted by Gasteiger charge is 2.28. The molecular formula is C10H17NO3. The Hall–Kier alpha value is -1.06. The smallest absolute Gasteiger partial charge is 0.312 e. The van der Waals surface area contributed by atoms with Crippen LogP contribution in [0.3, 0.4) is 0 Å². The molecular weight excluding hydrogens is 182 g/mol. The van der Waals surface area contributed by atoms with Crippen LogP contribution in [-0.2, 0) is 9.59 Å². The molecule has 0 unspecified atom stereocenters. The van der Waals surface area contributed by atoms with Crippen LogP contribution in [0.25, 0.3) is 0 Å². The van der Waals surface area contributed by atoms with E-state index in [1.54, 1.807) is 0 Å². The second kappa shape index (κ2) is 4.44. The molecule has 1 aliphatic carbocycles. The third-order valence-corrected chi connectivity index (χ3v) is 2.83. The van der Waals surface area contributed by atoms with Gasteiger partial charge in [0.15, 0.2) is 0 Å². The van der Waals surface area contributed by atoms with Crippen molar-refractivity contribution in [3.8, 4) is 0 Å². The summed E-state index contributed by atoms with van der Waals surface area (Å²) in [5, 5.41) is 11.1. The summed E-state index contributed by atoms with van der Waals surface area (Å²) < 4.78 is 0. The average molecular weight is 199 g/mol. The molecule has 0 aromatic rings. The van der Waals surface area contributed by atoms with E-state index in [4.69, 9.17) is 5.11 Å². The van der Waals surface area contributed by atoms with Gasteiger partial charge in [-0.05, 0) is 18.3 Å². The van der Waals surface area contributed by atoms with Crippen molar-refractivity contribution in [3.63, 3.8) is 0 Å². The number of carbonyl (C=O) groups is 2. The first-order valence-electron chi connectivity index (χ1n) is 5.00. The van der Waals surface area contributed by atoms with Crippen molar-refractivity contribution in [2.24, 2.45) is 5.41 Å². The highest BCUT2D eigenvalue weighted by molar-refractivity contribution is 5.93. The zero-order valence-corrected chi connectivity index (χ0v) is 8.51. The topological polar surface area (TPSA) is 66.4 Å². The minimum atomic E-state index is -1.07. The number of carboxylic acids is 1. The lowest BCUT2D eigenvalue weighted by Gasteiger charge is -2.23. The van der Waals surface area contributed by atoms with E-state index in [2.05, 4.69) is 12.2 Å². The predicted molar refractivity (Wildman–Crippen MR) is 51.8 cm³/mol. The number of hydrogen-bond donors (Lipinski definition) is 2. The van der Waals surface area contributed by atoms with Crippen molar-refractivity contribution >= 4 is 11.9 Å². The molecule has 4 heteroatoms. The van der Waals surface area contributed by atoms with Crippen LogP contribution in [0.2, 0.25) is 0 Å². The van der Waals surface area contributed by atoms with Gasteiger partial charge in [-0.15, -0.1) is 0 Å². The number of nitrogens with one attached hydrogen (secondary N) is 1. The molecule has 4 nitrogen and oxygen atoms in total.